The van der Waals surface area contributed by atoms with Crippen molar-refractivity contribution in [3.8, 4) is 11.5 Å². The molecule has 2 N–H and O–H groups in total. The molecule has 0 unspecified atom stereocenters. The zero-order valence-electron chi connectivity index (χ0n) is 17.4. The molecule has 7 nitrogen and oxygen atoms in total. The summed E-state index contributed by atoms with van der Waals surface area (Å²) < 4.78 is 5.81. The number of carbonyl (C=O) groups excluding carboxylic acids is 2. The molecule has 31 heavy (non-hydrogen) atoms. The number of nitrogens with one attached hydrogen (secondary N) is 2. The Bertz CT molecular complexity index is 897. The highest BCUT2D eigenvalue weighted by atomic mass is 16.5. The van der Waals surface area contributed by atoms with Crippen LogP contribution in [0, 0.1) is 0 Å². The minimum atomic E-state index is -0.234. The van der Waals surface area contributed by atoms with Crippen LogP contribution in [-0.4, -0.2) is 23.2 Å². The molecule has 7 heteroatoms. The largest absolute Gasteiger partial charge is 0.457 e. The van der Waals surface area contributed by atoms with Crippen LogP contribution in [0.2, 0.25) is 0 Å². The predicted molar refractivity (Wildman–Crippen MR) is 120 cm³/mol. The van der Waals surface area contributed by atoms with Crippen LogP contribution < -0.4 is 15.6 Å². The summed E-state index contributed by atoms with van der Waals surface area (Å²) >= 11 is 0. The maximum Gasteiger partial charge on any atom is 0.271 e. The van der Waals surface area contributed by atoms with E-state index in [1.807, 2.05) is 0 Å². The van der Waals surface area contributed by atoms with Gasteiger partial charge in [0, 0.05) is 22.6 Å². The van der Waals surface area contributed by atoms with Crippen LogP contribution in [0.15, 0.2) is 58.7 Å². The van der Waals surface area contributed by atoms with E-state index in [9.17, 15) is 9.59 Å². The monoisotopic (exact) mass is 418 g/mol. The lowest BCUT2D eigenvalue weighted by atomic mass is 10.2. The van der Waals surface area contributed by atoms with Gasteiger partial charge >= 0.3 is 0 Å². The second kappa shape index (κ2) is 10.0. The third-order valence-electron chi connectivity index (χ3n) is 5.46. The lowest BCUT2D eigenvalue weighted by molar-refractivity contribution is 0.0946. The Morgan fingerprint density at radius 2 is 0.968 bits per heavy atom. The molecule has 0 spiro atoms. The average molecular weight is 418 g/mol. The molecule has 2 saturated carbocycles. The van der Waals surface area contributed by atoms with E-state index in [-0.39, 0.29) is 11.8 Å². The number of benzene rings is 2. The summed E-state index contributed by atoms with van der Waals surface area (Å²) in [4.78, 5) is 24.4. The summed E-state index contributed by atoms with van der Waals surface area (Å²) in [7, 11) is 0. The molecule has 160 valence electrons. The second-order valence-electron chi connectivity index (χ2n) is 7.80. The number of hydrogen-bond acceptors (Lipinski definition) is 5. The summed E-state index contributed by atoms with van der Waals surface area (Å²) in [6.45, 7) is 0. The number of amides is 2. The Kier molecular flexibility index (Phi) is 6.72. The van der Waals surface area contributed by atoms with Crippen molar-refractivity contribution in [2.24, 2.45) is 10.2 Å². The molecule has 2 fully saturated rings. The molecule has 2 aromatic carbocycles. The maximum atomic E-state index is 12.2. The molecule has 2 amide bonds. The van der Waals surface area contributed by atoms with Crippen molar-refractivity contribution in [1.82, 2.24) is 10.9 Å². The van der Waals surface area contributed by atoms with E-state index in [2.05, 4.69) is 21.1 Å². The van der Waals surface area contributed by atoms with Crippen molar-refractivity contribution in [2.75, 3.05) is 0 Å². The van der Waals surface area contributed by atoms with Gasteiger partial charge in [-0.15, -0.1) is 0 Å². The van der Waals surface area contributed by atoms with Crippen molar-refractivity contribution in [3.63, 3.8) is 0 Å². The van der Waals surface area contributed by atoms with Gasteiger partial charge in [-0.05, 0) is 99.9 Å². The molecule has 0 aliphatic heterocycles. The van der Waals surface area contributed by atoms with Crippen molar-refractivity contribution in [3.05, 3.63) is 59.7 Å². The van der Waals surface area contributed by atoms with Crippen LogP contribution in [0.25, 0.3) is 0 Å². The first kappa shape index (κ1) is 20.8. The Balaban J connectivity index is 1.30. The summed E-state index contributed by atoms with van der Waals surface area (Å²) in [5.74, 6) is 0.733. The van der Waals surface area contributed by atoms with E-state index < -0.39 is 0 Å². The lowest BCUT2D eigenvalue weighted by Gasteiger charge is -2.08. The van der Waals surface area contributed by atoms with E-state index in [0.29, 0.717) is 22.6 Å². The lowest BCUT2D eigenvalue weighted by Crippen LogP contribution is -2.19. The highest BCUT2D eigenvalue weighted by Gasteiger charge is 2.11. The van der Waals surface area contributed by atoms with Gasteiger partial charge < -0.3 is 4.74 Å². The van der Waals surface area contributed by atoms with Gasteiger partial charge in [-0.1, -0.05) is 0 Å². The maximum absolute atomic E-state index is 12.2. The molecule has 0 aromatic heterocycles. The van der Waals surface area contributed by atoms with Gasteiger partial charge in [0.2, 0.25) is 0 Å². The topological polar surface area (TPSA) is 92.1 Å². The number of rotatable bonds is 6. The van der Waals surface area contributed by atoms with Crippen molar-refractivity contribution < 1.29 is 14.3 Å². The van der Waals surface area contributed by atoms with Crippen molar-refractivity contribution >= 4 is 23.2 Å². The van der Waals surface area contributed by atoms with Crippen molar-refractivity contribution in [2.45, 2.75) is 51.4 Å². The Morgan fingerprint density at radius 3 is 1.32 bits per heavy atom. The molecule has 2 aliphatic carbocycles. The Hall–Kier alpha value is -3.48. The molecule has 0 heterocycles. The van der Waals surface area contributed by atoms with Gasteiger partial charge in [-0.25, -0.2) is 10.9 Å². The Morgan fingerprint density at radius 1 is 0.613 bits per heavy atom. The quantitative estimate of drug-likeness (QED) is 0.660. The second-order valence-corrected chi connectivity index (χ2v) is 7.80. The van der Waals surface area contributed by atoms with Crippen LogP contribution in [-0.2, 0) is 0 Å². The fourth-order valence-corrected chi connectivity index (χ4v) is 3.66. The SMILES string of the molecule is O=C(NN=C1CCCC1)c1ccc(Oc2ccc(C(=O)NN=C3CCCC3)cc2)cc1. The smallest absolute Gasteiger partial charge is 0.271 e. The molecule has 0 atom stereocenters. The fourth-order valence-electron chi connectivity index (χ4n) is 3.66. The summed E-state index contributed by atoms with van der Waals surface area (Å²) in [6.07, 6.45) is 8.40. The third kappa shape index (κ3) is 5.78. The molecule has 0 bridgehead atoms. The van der Waals surface area contributed by atoms with Crippen LogP contribution >= 0.6 is 0 Å². The van der Waals surface area contributed by atoms with E-state index in [1.54, 1.807) is 48.5 Å². The predicted octanol–water partition coefficient (Wildman–Crippen LogP) is 4.80. The van der Waals surface area contributed by atoms with Gasteiger partial charge in [0.25, 0.3) is 11.8 Å². The van der Waals surface area contributed by atoms with E-state index in [0.717, 1.165) is 62.8 Å². The Labute approximate surface area is 181 Å². The van der Waals surface area contributed by atoms with Crippen LogP contribution in [0.5, 0.6) is 11.5 Å². The minimum absolute atomic E-state index is 0.234. The number of carbonyl (C=O) groups is 2. The standard InChI is InChI=1S/C24H26N4O3/c29-23(27-25-19-5-1-2-6-19)17-9-13-21(14-10-17)31-22-15-11-18(12-16-22)24(30)28-26-20-7-3-4-8-20/h9-16H,1-8H2,(H,27,29)(H,28,30). The molecule has 0 saturated heterocycles. The molecule has 0 radical (unpaired) electrons. The van der Waals surface area contributed by atoms with E-state index in [4.69, 9.17) is 4.74 Å². The summed E-state index contributed by atoms with van der Waals surface area (Å²) in [5, 5.41) is 8.39. The fraction of sp³-hybridized carbons (Fsp3) is 0.333. The molecule has 4 rings (SSSR count). The zero-order chi connectivity index (χ0) is 21.5. The highest BCUT2D eigenvalue weighted by Crippen LogP contribution is 2.22. The first-order valence-electron chi connectivity index (χ1n) is 10.8. The normalized spacial score (nSPS) is 15.5. The van der Waals surface area contributed by atoms with Gasteiger partial charge in [0.15, 0.2) is 0 Å². The molecular formula is C24H26N4O3. The number of nitrogens with zero attached hydrogens (tertiary/aromatic N) is 2. The average Bonchev–Trinajstić information content (AvgIpc) is 3.51. The van der Waals surface area contributed by atoms with Gasteiger partial charge in [-0.2, -0.15) is 10.2 Å². The first-order chi connectivity index (χ1) is 15.2. The summed E-state index contributed by atoms with van der Waals surface area (Å²) in [6, 6.07) is 13.7. The first-order valence-corrected chi connectivity index (χ1v) is 10.8. The number of ether oxygens (including phenoxy) is 1. The van der Waals surface area contributed by atoms with Crippen LogP contribution in [0.3, 0.4) is 0 Å². The number of hydrazone groups is 2. The summed E-state index contributed by atoms with van der Waals surface area (Å²) in [5.41, 5.74) is 8.37. The van der Waals surface area contributed by atoms with Gasteiger partial charge in [0.1, 0.15) is 11.5 Å². The minimum Gasteiger partial charge on any atom is -0.457 e. The molecular weight excluding hydrogens is 392 g/mol. The van der Waals surface area contributed by atoms with Crippen LogP contribution in [0.1, 0.15) is 72.1 Å². The van der Waals surface area contributed by atoms with Crippen LogP contribution in [0.4, 0.5) is 0 Å². The van der Waals surface area contributed by atoms with E-state index in [1.165, 1.54) is 0 Å². The highest BCUT2D eigenvalue weighted by molar-refractivity contribution is 5.96. The van der Waals surface area contributed by atoms with Gasteiger partial charge in [-0.3, -0.25) is 9.59 Å². The van der Waals surface area contributed by atoms with Crippen molar-refractivity contribution in [1.29, 1.82) is 0 Å². The third-order valence-corrected chi connectivity index (χ3v) is 5.46. The van der Waals surface area contributed by atoms with Gasteiger partial charge in [0.05, 0.1) is 0 Å². The zero-order valence-corrected chi connectivity index (χ0v) is 17.4. The molecule has 2 aliphatic rings. The molecule has 2 aromatic rings. The van der Waals surface area contributed by atoms with E-state index >= 15 is 0 Å². The number of hydrogen-bond donors (Lipinski definition) is 2.